The van der Waals surface area contributed by atoms with Crippen LogP contribution in [0.1, 0.15) is 26.3 Å². The lowest BCUT2D eigenvalue weighted by Gasteiger charge is -2.28. The Balaban J connectivity index is 1.46. The summed E-state index contributed by atoms with van der Waals surface area (Å²) in [4.78, 5) is 4.45. The molecule has 0 aromatic heterocycles. The van der Waals surface area contributed by atoms with Crippen LogP contribution < -0.4 is 24.0 Å². The maximum absolute atomic E-state index is 5.86. The van der Waals surface area contributed by atoms with E-state index in [9.17, 15) is 0 Å². The molecule has 2 heterocycles. The summed E-state index contributed by atoms with van der Waals surface area (Å²) >= 11 is 0. The Morgan fingerprint density at radius 2 is 1.21 bits per heavy atom. The highest BCUT2D eigenvalue weighted by atomic mass is 16.5. The zero-order valence-corrected chi connectivity index (χ0v) is 20.6. The van der Waals surface area contributed by atoms with Crippen molar-refractivity contribution in [2.45, 2.75) is 27.7 Å². The molecule has 2 aliphatic heterocycles. The fourth-order valence-corrected chi connectivity index (χ4v) is 4.19. The molecule has 5 nitrogen and oxygen atoms in total. The Hall–Kier alpha value is -3.60. The maximum Gasteiger partial charge on any atom is 0.143 e. The van der Waals surface area contributed by atoms with Crippen molar-refractivity contribution in [3.8, 4) is 17.2 Å². The van der Waals surface area contributed by atoms with E-state index in [2.05, 4.69) is 65.6 Å². The smallest absolute Gasteiger partial charge is 0.143 e. The van der Waals surface area contributed by atoms with Gasteiger partial charge in [-0.15, -0.1) is 0 Å². The third-order valence-corrected chi connectivity index (χ3v) is 5.87. The molecule has 34 heavy (non-hydrogen) atoms. The highest BCUT2D eigenvalue weighted by molar-refractivity contribution is 5.67. The lowest BCUT2D eigenvalue weighted by molar-refractivity contribution is 0.331. The topological polar surface area (TPSA) is 34.2 Å². The molecule has 0 aliphatic carbocycles. The van der Waals surface area contributed by atoms with Gasteiger partial charge in [0.1, 0.15) is 17.2 Å². The molecule has 0 saturated carbocycles. The van der Waals surface area contributed by atoms with Gasteiger partial charge in [-0.2, -0.15) is 0 Å². The molecule has 0 spiro atoms. The van der Waals surface area contributed by atoms with Crippen LogP contribution in [-0.4, -0.2) is 32.9 Å². The van der Waals surface area contributed by atoms with Gasteiger partial charge < -0.3 is 24.0 Å². The lowest BCUT2D eigenvalue weighted by Crippen LogP contribution is -2.22. The minimum Gasteiger partial charge on any atom is -0.494 e. The lowest BCUT2D eigenvalue weighted by atomic mass is 10.0. The molecule has 0 fully saturated rings. The summed E-state index contributed by atoms with van der Waals surface area (Å²) in [5.41, 5.74) is 5.89. The van der Waals surface area contributed by atoms with Crippen LogP contribution in [0.15, 0.2) is 84.2 Å². The molecule has 4 rings (SSSR count). The van der Waals surface area contributed by atoms with E-state index in [0.29, 0.717) is 19.8 Å². The van der Waals surface area contributed by atoms with Gasteiger partial charge in [0.2, 0.25) is 0 Å². The number of hydrogen-bond donors (Lipinski definition) is 0. The quantitative estimate of drug-likeness (QED) is 0.434. The van der Waals surface area contributed by atoms with Gasteiger partial charge in [-0.25, -0.2) is 0 Å². The molecule has 2 aromatic carbocycles. The van der Waals surface area contributed by atoms with Gasteiger partial charge in [-0.05, 0) is 74.8 Å². The third-order valence-electron chi connectivity index (χ3n) is 5.87. The molecule has 0 amide bonds. The molecule has 0 N–H and O–H groups in total. The molecule has 0 saturated heterocycles. The summed E-state index contributed by atoms with van der Waals surface area (Å²) in [6, 6.07) is 12.3. The molecule has 2 aromatic rings. The predicted octanol–water partition coefficient (Wildman–Crippen LogP) is 6.41. The Morgan fingerprint density at radius 1 is 0.676 bits per heavy atom. The second-order valence-corrected chi connectivity index (χ2v) is 8.13. The van der Waals surface area contributed by atoms with Crippen LogP contribution in [0.2, 0.25) is 0 Å². The van der Waals surface area contributed by atoms with Crippen LogP contribution in [0.25, 0.3) is 0 Å². The average Bonchev–Trinajstić information content (AvgIpc) is 2.87. The van der Waals surface area contributed by atoms with Crippen molar-refractivity contribution < 1.29 is 14.2 Å². The summed E-state index contributed by atoms with van der Waals surface area (Å²) in [5, 5.41) is 0. The van der Waals surface area contributed by atoms with Gasteiger partial charge in [0.25, 0.3) is 0 Å². The maximum atomic E-state index is 5.86. The highest BCUT2D eigenvalue weighted by Crippen LogP contribution is 2.35. The summed E-state index contributed by atoms with van der Waals surface area (Å²) in [7, 11) is 0. The van der Waals surface area contributed by atoms with Crippen molar-refractivity contribution in [1.82, 2.24) is 0 Å². The summed E-state index contributed by atoms with van der Waals surface area (Å²) in [6.45, 7) is 11.7. The number of benzene rings is 2. The van der Waals surface area contributed by atoms with Crippen LogP contribution in [0.4, 0.5) is 11.4 Å². The second-order valence-electron chi connectivity index (χ2n) is 8.13. The summed E-state index contributed by atoms with van der Waals surface area (Å²) < 4.78 is 17.3. The SMILES string of the molecule is CCOc1ccc(C)c(N2C=CC(C3=CCN(c4cc(OCC)ccc4OCC)C=C3)=CC2)c1. The van der Waals surface area contributed by atoms with Gasteiger partial charge in [0.15, 0.2) is 0 Å². The Morgan fingerprint density at radius 3 is 1.74 bits per heavy atom. The fraction of sp³-hybridized carbons (Fsp3) is 0.310. The van der Waals surface area contributed by atoms with Gasteiger partial charge in [-0.1, -0.05) is 18.2 Å². The highest BCUT2D eigenvalue weighted by Gasteiger charge is 2.17. The largest absolute Gasteiger partial charge is 0.494 e. The van der Waals surface area contributed by atoms with E-state index >= 15 is 0 Å². The second kappa shape index (κ2) is 11.0. The minimum absolute atomic E-state index is 0.626. The number of nitrogens with zero attached hydrogens (tertiary/aromatic N) is 2. The van der Waals surface area contributed by atoms with Crippen molar-refractivity contribution in [3.63, 3.8) is 0 Å². The van der Waals surface area contributed by atoms with Gasteiger partial charge in [0, 0.05) is 43.3 Å². The van der Waals surface area contributed by atoms with Crippen molar-refractivity contribution in [2.75, 3.05) is 42.7 Å². The molecule has 0 unspecified atom stereocenters. The van der Waals surface area contributed by atoms with Crippen LogP contribution in [0.3, 0.4) is 0 Å². The molecule has 178 valence electrons. The standard InChI is InChI=1S/C29H34N2O3/c1-5-32-25-9-8-22(4)27(20-25)30-16-12-23(13-17-30)24-14-18-31(19-15-24)28-21-26(33-6-2)10-11-29(28)34-7-3/h8-16,18,20-21H,5-7,17,19H2,1-4H3. The van der Waals surface area contributed by atoms with Crippen LogP contribution in [0.5, 0.6) is 17.2 Å². The molecule has 5 heteroatoms. The van der Waals surface area contributed by atoms with E-state index in [0.717, 1.165) is 36.0 Å². The van der Waals surface area contributed by atoms with Crippen LogP contribution in [0, 0.1) is 6.92 Å². The van der Waals surface area contributed by atoms with Crippen molar-refractivity contribution in [2.24, 2.45) is 0 Å². The number of allylic oxidation sites excluding steroid dienone is 4. The molecule has 2 aliphatic rings. The number of hydrogen-bond acceptors (Lipinski definition) is 5. The van der Waals surface area contributed by atoms with Crippen molar-refractivity contribution in [3.05, 3.63) is 89.8 Å². The molecule has 0 radical (unpaired) electrons. The van der Waals surface area contributed by atoms with Crippen molar-refractivity contribution in [1.29, 1.82) is 0 Å². The first-order valence-corrected chi connectivity index (χ1v) is 12.1. The van der Waals surface area contributed by atoms with E-state index in [1.165, 1.54) is 22.4 Å². The number of anilines is 2. The Kier molecular flexibility index (Phi) is 7.63. The number of rotatable bonds is 9. The van der Waals surface area contributed by atoms with E-state index in [4.69, 9.17) is 14.2 Å². The zero-order chi connectivity index (χ0) is 23.9. The Bertz CT molecular complexity index is 1130. The van der Waals surface area contributed by atoms with Crippen LogP contribution >= 0.6 is 0 Å². The summed E-state index contributed by atoms with van der Waals surface area (Å²) in [6.07, 6.45) is 13.2. The monoisotopic (exact) mass is 458 g/mol. The minimum atomic E-state index is 0.626. The average molecular weight is 459 g/mol. The first-order valence-electron chi connectivity index (χ1n) is 12.1. The van der Waals surface area contributed by atoms with E-state index in [1.54, 1.807) is 0 Å². The summed E-state index contributed by atoms with van der Waals surface area (Å²) in [5.74, 6) is 2.62. The molecule has 0 atom stereocenters. The molecular weight excluding hydrogens is 424 g/mol. The zero-order valence-electron chi connectivity index (χ0n) is 20.6. The normalized spacial score (nSPS) is 15.2. The van der Waals surface area contributed by atoms with Gasteiger partial charge in [-0.3, -0.25) is 0 Å². The van der Waals surface area contributed by atoms with Crippen LogP contribution in [-0.2, 0) is 0 Å². The Labute approximate surface area is 203 Å². The van der Waals surface area contributed by atoms with Gasteiger partial charge >= 0.3 is 0 Å². The van der Waals surface area contributed by atoms with E-state index in [1.807, 2.05) is 45.0 Å². The first kappa shape index (κ1) is 23.6. The molecular formula is C29H34N2O3. The number of ether oxygens (including phenoxy) is 3. The van der Waals surface area contributed by atoms with E-state index in [-0.39, 0.29) is 0 Å². The van der Waals surface area contributed by atoms with Gasteiger partial charge in [0.05, 0.1) is 25.5 Å². The first-order chi connectivity index (χ1) is 16.6. The molecule has 0 bridgehead atoms. The van der Waals surface area contributed by atoms with E-state index < -0.39 is 0 Å². The fourth-order valence-electron chi connectivity index (χ4n) is 4.19. The predicted molar refractivity (Wildman–Crippen MR) is 140 cm³/mol. The number of aryl methyl sites for hydroxylation is 1. The third kappa shape index (κ3) is 5.30. The van der Waals surface area contributed by atoms with Crippen molar-refractivity contribution >= 4 is 11.4 Å².